The van der Waals surface area contributed by atoms with Gasteiger partial charge in [0, 0.05) is 55.1 Å². The monoisotopic (exact) mass is 752 g/mol. The number of aromatic amines is 1. The second kappa shape index (κ2) is 13.1. The Morgan fingerprint density at radius 3 is 2.33 bits per heavy atom. The van der Waals surface area contributed by atoms with Gasteiger partial charge in [0.2, 0.25) is 16.3 Å². The van der Waals surface area contributed by atoms with Crippen LogP contribution in [0.2, 0.25) is 5.02 Å². The van der Waals surface area contributed by atoms with E-state index < -0.39 is 76.6 Å². The standard InChI is InChI=1S/C39H33ClN4O10/c1-53-25-17-24(45)27-28(32(25)46)34(48)30-29(33(27)47)36(50)39(37(30)51)7-6-19-14-20-15-22(42-38(52)26(20)35(49)31(19)39)18-41-54-13-3-8-43-9-11-44(12-10-43)23-5-2-4-21(40)16-23/h2,4-5,14-18,49-51H,3,6-13H2,1H3,(H,42,52)/b41-18+. The molecule has 0 bridgehead atoms. The summed E-state index contributed by atoms with van der Waals surface area (Å²) in [6.07, 6.45) is 2.15. The molecule has 1 saturated heterocycles. The lowest BCUT2D eigenvalue weighted by Gasteiger charge is -2.36. The molecule has 0 amide bonds. The summed E-state index contributed by atoms with van der Waals surface area (Å²) >= 11 is 6.14. The van der Waals surface area contributed by atoms with Gasteiger partial charge < -0.3 is 34.8 Å². The molecule has 8 rings (SSSR count). The number of nitrogens with zero attached hydrogens (tertiary/aromatic N) is 3. The van der Waals surface area contributed by atoms with E-state index in [9.17, 15) is 39.3 Å². The number of phenolic OH excluding ortho intramolecular Hbond substituents is 1. The summed E-state index contributed by atoms with van der Waals surface area (Å²) in [4.78, 5) is 79.4. The molecule has 3 aromatic rings. The van der Waals surface area contributed by atoms with E-state index in [1.54, 1.807) is 12.1 Å². The van der Waals surface area contributed by atoms with E-state index in [2.05, 4.69) is 26.0 Å². The fourth-order valence-corrected chi connectivity index (χ4v) is 8.42. The molecule has 1 unspecified atom stereocenters. The van der Waals surface area contributed by atoms with Gasteiger partial charge in [-0.3, -0.25) is 28.9 Å². The van der Waals surface area contributed by atoms with Gasteiger partial charge in [-0.2, -0.15) is 0 Å². The number of aryl methyl sites for hydroxylation is 1. The highest BCUT2D eigenvalue weighted by atomic mass is 35.5. The Labute approximate surface area is 309 Å². The Morgan fingerprint density at radius 2 is 1.63 bits per heavy atom. The van der Waals surface area contributed by atoms with Crippen LogP contribution in [0.1, 0.15) is 29.7 Å². The van der Waals surface area contributed by atoms with Gasteiger partial charge in [0.15, 0.2) is 11.2 Å². The minimum absolute atomic E-state index is 0.0625. The normalized spacial score (nSPS) is 18.4. The predicted octanol–water partition coefficient (Wildman–Crippen LogP) is 0.730. The zero-order valence-corrected chi connectivity index (χ0v) is 29.7. The number of halogens is 1. The van der Waals surface area contributed by atoms with Gasteiger partial charge in [0.25, 0.3) is 5.56 Å². The molecule has 1 atom stereocenters. The van der Waals surface area contributed by atoms with Crippen LogP contribution < -0.4 is 47.3 Å². The van der Waals surface area contributed by atoms with Gasteiger partial charge in [0.1, 0.15) is 29.3 Å². The molecular weight excluding hydrogens is 720 g/mol. The van der Waals surface area contributed by atoms with E-state index in [1.807, 2.05) is 18.2 Å². The number of oxime groups is 1. The molecule has 5 aliphatic rings. The largest absolute Gasteiger partial charge is 0.510 e. The van der Waals surface area contributed by atoms with Crippen LogP contribution in [0.5, 0.6) is 11.5 Å². The molecule has 0 radical (unpaired) electrons. The molecule has 14 nitrogen and oxygen atoms in total. The summed E-state index contributed by atoms with van der Waals surface area (Å²) in [6.45, 7) is 4.79. The van der Waals surface area contributed by atoms with Crippen molar-refractivity contribution in [1.82, 2.24) is 9.88 Å². The average molecular weight is 753 g/mol. The number of aromatic nitrogens is 1. The smallest absolute Gasteiger partial charge is 0.260 e. The summed E-state index contributed by atoms with van der Waals surface area (Å²) in [7, 11) is 1.12. The van der Waals surface area contributed by atoms with Gasteiger partial charge in [-0.05, 0) is 54.5 Å². The van der Waals surface area contributed by atoms with Crippen molar-refractivity contribution in [3.63, 3.8) is 0 Å². The summed E-state index contributed by atoms with van der Waals surface area (Å²) in [5.74, 6) is -2.54. The number of aliphatic hydroxyl groups excluding tert-OH is 2. The first-order valence-electron chi connectivity index (χ1n) is 17.3. The Bertz CT molecular complexity index is 2910. The first kappa shape index (κ1) is 35.1. The Kier molecular flexibility index (Phi) is 8.53. The van der Waals surface area contributed by atoms with Crippen LogP contribution >= 0.6 is 11.6 Å². The van der Waals surface area contributed by atoms with E-state index in [4.69, 9.17) is 21.2 Å². The van der Waals surface area contributed by atoms with Crippen LogP contribution in [0, 0.1) is 10.4 Å². The molecule has 4 aliphatic carbocycles. The molecule has 276 valence electrons. The Hall–Kier alpha value is -5.99. The first-order chi connectivity index (χ1) is 26.0. The number of hydrogen-bond donors (Lipinski definition) is 4. The number of anilines is 1. The lowest BCUT2D eigenvalue weighted by atomic mass is 9.78. The van der Waals surface area contributed by atoms with Crippen LogP contribution in [-0.4, -0.2) is 77.9 Å². The Balaban J connectivity index is 1.03. The highest BCUT2D eigenvalue weighted by Crippen LogP contribution is 2.54. The number of aromatic hydroxyl groups is 1. The maximum atomic E-state index is 13.7. The molecule has 2 heterocycles. The van der Waals surface area contributed by atoms with Crippen LogP contribution in [-0.2, 0) is 16.7 Å². The molecule has 1 aromatic heterocycles. The lowest BCUT2D eigenvalue weighted by molar-refractivity contribution is 0.128. The fourth-order valence-electron chi connectivity index (χ4n) is 8.24. The number of hydrogen-bond acceptors (Lipinski definition) is 13. The number of phenols is 1. The maximum absolute atomic E-state index is 13.7. The number of pyridine rings is 1. The molecule has 0 saturated carbocycles. The number of H-pyrrole nitrogens is 1. The van der Waals surface area contributed by atoms with Crippen molar-refractivity contribution in [3.05, 3.63) is 136 Å². The third kappa shape index (κ3) is 5.27. The SMILES string of the molecule is COc1cc(=O)c2c(=O)c3c(c(=O)c=2c1=O)=C(O)C1(CCc2cc4cc(/C=N/OCCCN5CCN(c6cccc(Cl)c6)CC5)[nH]c(=O)c4c(O)c21)C=3O. The second-order valence-electron chi connectivity index (χ2n) is 13.7. The van der Waals surface area contributed by atoms with Crippen molar-refractivity contribution in [3.8, 4) is 11.5 Å². The van der Waals surface area contributed by atoms with Crippen molar-refractivity contribution in [1.29, 1.82) is 0 Å². The molecular formula is C39H33ClN4O10. The highest BCUT2D eigenvalue weighted by molar-refractivity contribution is 6.30. The molecule has 1 fully saturated rings. The van der Waals surface area contributed by atoms with Crippen LogP contribution in [0.25, 0.3) is 22.3 Å². The van der Waals surface area contributed by atoms with Gasteiger partial charge in [-0.1, -0.05) is 28.9 Å². The number of piperazine rings is 1. The van der Waals surface area contributed by atoms with E-state index in [0.29, 0.717) is 28.3 Å². The van der Waals surface area contributed by atoms with Gasteiger partial charge in [-0.15, -0.1) is 0 Å². The van der Waals surface area contributed by atoms with Gasteiger partial charge >= 0.3 is 0 Å². The van der Waals surface area contributed by atoms with Crippen molar-refractivity contribution >= 4 is 45.8 Å². The van der Waals surface area contributed by atoms with Crippen molar-refractivity contribution in [2.45, 2.75) is 24.7 Å². The van der Waals surface area contributed by atoms with Crippen molar-refractivity contribution in [2.75, 3.05) is 51.3 Å². The van der Waals surface area contributed by atoms with E-state index in [-0.39, 0.29) is 23.8 Å². The number of methoxy groups -OCH3 is 1. The van der Waals surface area contributed by atoms with Crippen LogP contribution in [0.15, 0.2) is 71.6 Å². The molecule has 2 aromatic carbocycles. The van der Waals surface area contributed by atoms with Crippen molar-refractivity contribution in [2.24, 2.45) is 5.16 Å². The molecule has 1 spiro atoms. The summed E-state index contributed by atoms with van der Waals surface area (Å²) in [5.41, 5.74) is -5.13. The zero-order valence-electron chi connectivity index (χ0n) is 28.9. The molecule has 4 N–H and O–H groups in total. The first-order valence-corrected chi connectivity index (χ1v) is 17.7. The third-order valence-electron chi connectivity index (χ3n) is 10.8. The number of ether oxygens (including phenoxy) is 1. The highest BCUT2D eigenvalue weighted by Gasteiger charge is 2.53. The summed E-state index contributed by atoms with van der Waals surface area (Å²) in [5, 5.41) is 37.0. The second-order valence-corrected chi connectivity index (χ2v) is 14.1. The van der Waals surface area contributed by atoms with Crippen LogP contribution in [0.3, 0.4) is 0 Å². The average Bonchev–Trinajstić information content (AvgIpc) is 3.65. The van der Waals surface area contributed by atoms with E-state index in [1.165, 1.54) is 6.21 Å². The van der Waals surface area contributed by atoms with Gasteiger partial charge in [-0.25, -0.2) is 0 Å². The number of benzene rings is 2. The number of rotatable bonds is 8. The van der Waals surface area contributed by atoms with Gasteiger partial charge in [0.05, 0.1) is 45.3 Å². The number of aliphatic hydroxyl groups is 2. The van der Waals surface area contributed by atoms with E-state index in [0.717, 1.165) is 58.0 Å². The summed E-state index contributed by atoms with van der Waals surface area (Å²) < 4.78 is 4.92. The van der Waals surface area contributed by atoms with Crippen LogP contribution in [0.4, 0.5) is 5.69 Å². The topological polar surface area (TPSA) is 199 Å². The minimum atomic E-state index is -1.98. The van der Waals surface area contributed by atoms with Crippen molar-refractivity contribution < 1.29 is 24.9 Å². The zero-order chi connectivity index (χ0) is 38.1. The quantitative estimate of drug-likeness (QED) is 0.0987. The molecule has 1 aliphatic heterocycles. The Morgan fingerprint density at radius 1 is 0.907 bits per heavy atom. The summed E-state index contributed by atoms with van der Waals surface area (Å²) in [6, 6.07) is 11.8. The van der Waals surface area contributed by atoms with E-state index >= 15 is 0 Å². The lowest BCUT2D eigenvalue weighted by Crippen LogP contribution is -2.51. The molecule has 15 heteroatoms. The maximum Gasteiger partial charge on any atom is 0.260 e. The fraction of sp³-hybridized carbons (Fsp3) is 0.282. The predicted molar refractivity (Wildman–Crippen MR) is 202 cm³/mol. The molecule has 54 heavy (non-hydrogen) atoms. The number of nitrogens with one attached hydrogen (secondary N) is 1. The number of fused-ring (bicyclic) bond motifs is 4. The minimum Gasteiger partial charge on any atom is -0.510 e. The third-order valence-corrected chi connectivity index (χ3v) is 11.0.